The molecule has 0 bridgehead atoms. The van der Waals surface area contributed by atoms with Crippen molar-refractivity contribution in [3.05, 3.63) is 42.2 Å². The van der Waals surface area contributed by atoms with Gasteiger partial charge in [0.1, 0.15) is 0 Å². The monoisotopic (exact) mass is 232 g/mol. The summed E-state index contributed by atoms with van der Waals surface area (Å²) in [6, 6.07) is 10.3. The largest absolute Gasteiger partial charge is 0.501 e. The Kier molecular flexibility index (Phi) is 4.63. The second-order valence-electron chi connectivity index (χ2n) is 4.46. The normalized spacial score (nSPS) is 20.5. The zero-order valence-corrected chi connectivity index (χ0v) is 10.4. The third kappa shape index (κ3) is 3.90. The van der Waals surface area contributed by atoms with Crippen molar-refractivity contribution in [3.63, 3.8) is 0 Å². The molecule has 1 saturated heterocycles. The summed E-state index contributed by atoms with van der Waals surface area (Å²) in [6.45, 7) is 3.74. The molecule has 1 aliphatic heterocycles. The topological polar surface area (TPSA) is 18.5 Å². The van der Waals surface area contributed by atoms with E-state index in [1.165, 1.54) is 18.4 Å². The Morgan fingerprint density at radius 2 is 2.24 bits per heavy atom. The lowest BCUT2D eigenvalue weighted by Crippen LogP contribution is -2.07. The Labute approximate surface area is 103 Å². The molecule has 0 radical (unpaired) electrons. The number of ether oxygens (including phenoxy) is 2. The van der Waals surface area contributed by atoms with Gasteiger partial charge in [0.25, 0.3) is 0 Å². The SMILES string of the molecule is C/C(=C/OCCC1CCCO1)c1ccccc1. The van der Waals surface area contributed by atoms with Gasteiger partial charge in [0.05, 0.1) is 19.0 Å². The molecular formula is C15H20O2. The van der Waals surface area contributed by atoms with E-state index < -0.39 is 0 Å². The molecule has 1 unspecified atom stereocenters. The van der Waals surface area contributed by atoms with Crippen LogP contribution in [0, 0.1) is 0 Å². The molecule has 1 atom stereocenters. The fourth-order valence-electron chi connectivity index (χ4n) is 2.02. The molecule has 1 aromatic rings. The molecule has 0 aliphatic carbocycles. The molecule has 92 valence electrons. The molecule has 0 saturated carbocycles. The van der Waals surface area contributed by atoms with Gasteiger partial charge in [0.2, 0.25) is 0 Å². The number of allylic oxidation sites excluding steroid dienone is 1. The fourth-order valence-corrected chi connectivity index (χ4v) is 2.02. The molecule has 1 aliphatic rings. The van der Waals surface area contributed by atoms with Crippen LogP contribution in [-0.2, 0) is 9.47 Å². The minimum absolute atomic E-state index is 0.417. The van der Waals surface area contributed by atoms with Crippen molar-refractivity contribution in [1.82, 2.24) is 0 Å². The van der Waals surface area contributed by atoms with E-state index in [9.17, 15) is 0 Å². The van der Waals surface area contributed by atoms with Crippen molar-refractivity contribution in [2.75, 3.05) is 13.2 Å². The van der Waals surface area contributed by atoms with E-state index in [0.29, 0.717) is 6.10 Å². The van der Waals surface area contributed by atoms with Crippen molar-refractivity contribution in [3.8, 4) is 0 Å². The van der Waals surface area contributed by atoms with Crippen LogP contribution in [0.1, 0.15) is 31.7 Å². The quantitative estimate of drug-likeness (QED) is 0.570. The lowest BCUT2D eigenvalue weighted by molar-refractivity contribution is 0.0833. The average molecular weight is 232 g/mol. The second-order valence-corrected chi connectivity index (χ2v) is 4.46. The van der Waals surface area contributed by atoms with Crippen LogP contribution in [-0.4, -0.2) is 19.3 Å². The molecule has 17 heavy (non-hydrogen) atoms. The Hall–Kier alpha value is -1.28. The van der Waals surface area contributed by atoms with E-state index in [-0.39, 0.29) is 0 Å². The lowest BCUT2D eigenvalue weighted by Gasteiger charge is -2.09. The van der Waals surface area contributed by atoms with Gasteiger partial charge in [-0.05, 0) is 30.9 Å². The smallest absolute Gasteiger partial charge is 0.0898 e. The van der Waals surface area contributed by atoms with Crippen molar-refractivity contribution in [2.24, 2.45) is 0 Å². The molecular weight excluding hydrogens is 212 g/mol. The molecule has 1 aromatic carbocycles. The van der Waals surface area contributed by atoms with Gasteiger partial charge < -0.3 is 9.47 Å². The van der Waals surface area contributed by atoms with Crippen LogP contribution in [0.2, 0.25) is 0 Å². The summed E-state index contributed by atoms with van der Waals surface area (Å²) in [4.78, 5) is 0. The molecule has 0 N–H and O–H groups in total. The van der Waals surface area contributed by atoms with Gasteiger partial charge in [-0.3, -0.25) is 0 Å². The first-order chi connectivity index (χ1) is 8.36. The van der Waals surface area contributed by atoms with Crippen LogP contribution >= 0.6 is 0 Å². The van der Waals surface area contributed by atoms with E-state index in [0.717, 1.165) is 25.2 Å². The van der Waals surface area contributed by atoms with E-state index in [1.807, 2.05) is 24.5 Å². The number of rotatable bonds is 5. The third-order valence-electron chi connectivity index (χ3n) is 3.07. The standard InChI is InChI=1S/C15H20O2/c1-13(14-6-3-2-4-7-14)12-16-11-9-15-8-5-10-17-15/h2-4,6-7,12,15H,5,8-11H2,1H3/b13-12-. The van der Waals surface area contributed by atoms with Crippen LogP contribution in [0.3, 0.4) is 0 Å². The number of hydrogen-bond donors (Lipinski definition) is 0. The average Bonchev–Trinajstić information content (AvgIpc) is 2.88. The molecule has 0 amide bonds. The van der Waals surface area contributed by atoms with Gasteiger partial charge in [-0.2, -0.15) is 0 Å². The second kappa shape index (κ2) is 6.45. The summed E-state index contributed by atoms with van der Waals surface area (Å²) in [7, 11) is 0. The molecule has 1 fully saturated rings. The van der Waals surface area contributed by atoms with Gasteiger partial charge in [-0.15, -0.1) is 0 Å². The number of benzene rings is 1. The maximum absolute atomic E-state index is 5.57. The molecule has 1 heterocycles. The van der Waals surface area contributed by atoms with Crippen molar-refractivity contribution < 1.29 is 9.47 Å². The maximum Gasteiger partial charge on any atom is 0.0898 e. The van der Waals surface area contributed by atoms with Crippen molar-refractivity contribution in [1.29, 1.82) is 0 Å². The highest BCUT2D eigenvalue weighted by atomic mass is 16.5. The highest BCUT2D eigenvalue weighted by Crippen LogP contribution is 2.16. The van der Waals surface area contributed by atoms with E-state index in [1.54, 1.807) is 0 Å². The van der Waals surface area contributed by atoms with Gasteiger partial charge in [-0.1, -0.05) is 30.3 Å². The summed E-state index contributed by atoms with van der Waals surface area (Å²) in [5, 5.41) is 0. The van der Waals surface area contributed by atoms with Gasteiger partial charge in [-0.25, -0.2) is 0 Å². The molecule has 2 rings (SSSR count). The first-order valence-electron chi connectivity index (χ1n) is 6.31. The van der Waals surface area contributed by atoms with Crippen LogP contribution in [0.5, 0.6) is 0 Å². The maximum atomic E-state index is 5.57. The summed E-state index contributed by atoms with van der Waals surface area (Å²) in [5.74, 6) is 0. The molecule has 0 spiro atoms. The predicted octanol–water partition coefficient (Wildman–Crippen LogP) is 3.63. The Bertz CT molecular complexity index is 350. The fraction of sp³-hybridized carbons (Fsp3) is 0.467. The van der Waals surface area contributed by atoms with Crippen LogP contribution in [0.25, 0.3) is 5.57 Å². The number of hydrogen-bond acceptors (Lipinski definition) is 2. The first kappa shape index (κ1) is 12.2. The minimum atomic E-state index is 0.417. The Morgan fingerprint density at radius 1 is 1.41 bits per heavy atom. The minimum Gasteiger partial charge on any atom is -0.501 e. The van der Waals surface area contributed by atoms with Crippen LogP contribution in [0.15, 0.2) is 36.6 Å². The van der Waals surface area contributed by atoms with Crippen molar-refractivity contribution >= 4 is 5.57 Å². The zero-order chi connectivity index (χ0) is 11.9. The molecule has 0 aromatic heterocycles. The first-order valence-corrected chi connectivity index (χ1v) is 6.31. The zero-order valence-electron chi connectivity index (χ0n) is 10.4. The van der Waals surface area contributed by atoms with E-state index in [4.69, 9.17) is 9.47 Å². The summed E-state index contributed by atoms with van der Waals surface area (Å²) < 4.78 is 11.1. The van der Waals surface area contributed by atoms with E-state index in [2.05, 4.69) is 19.1 Å². The molecule has 2 nitrogen and oxygen atoms in total. The molecule has 2 heteroatoms. The summed E-state index contributed by atoms with van der Waals surface area (Å²) >= 11 is 0. The van der Waals surface area contributed by atoms with Gasteiger partial charge in [0, 0.05) is 13.0 Å². The van der Waals surface area contributed by atoms with Crippen molar-refractivity contribution in [2.45, 2.75) is 32.3 Å². The summed E-state index contributed by atoms with van der Waals surface area (Å²) in [6.07, 6.45) is 5.65. The predicted molar refractivity (Wildman–Crippen MR) is 69.6 cm³/mol. The van der Waals surface area contributed by atoms with Crippen LogP contribution < -0.4 is 0 Å². The Morgan fingerprint density at radius 3 is 2.94 bits per heavy atom. The van der Waals surface area contributed by atoms with E-state index >= 15 is 0 Å². The highest BCUT2D eigenvalue weighted by Gasteiger charge is 2.14. The third-order valence-corrected chi connectivity index (χ3v) is 3.07. The summed E-state index contributed by atoms with van der Waals surface area (Å²) in [5.41, 5.74) is 2.38. The van der Waals surface area contributed by atoms with Gasteiger partial charge >= 0.3 is 0 Å². The van der Waals surface area contributed by atoms with Crippen LogP contribution in [0.4, 0.5) is 0 Å². The lowest BCUT2D eigenvalue weighted by atomic mass is 10.1. The van der Waals surface area contributed by atoms with Gasteiger partial charge in [0.15, 0.2) is 0 Å². The Balaban J connectivity index is 1.72. The highest BCUT2D eigenvalue weighted by molar-refractivity contribution is 5.62.